The SMILES string of the molecule is O=C(CC1C=CC=CC1)NC1CCC(c2ccnc3ccc(F)cc23)CC1. The molecule has 1 N–H and O–H groups in total. The topological polar surface area (TPSA) is 42.0 Å². The van der Waals surface area contributed by atoms with E-state index in [4.69, 9.17) is 0 Å². The van der Waals surface area contributed by atoms with Crippen LogP contribution in [-0.2, 0) is 4.79 Å². The molecular weight excluding hydrogens is 339 g/mol. The second kappa shape index (κ2) is 8.03. The number of nitrogens with one attached hydrogen (secondary N) is 1. The maximum absolute atomic E-state index is 13.7. The molecule has 1 amide bonds. The van der Waals surface area contributed by atoms with E-state index >= 15 is 0 Å². The van der Waals surface area contributed by atoms with Gasteiger partial charge in [-0.15, -0.1) is 0 Å². The van der Waals surface area contributed by atoms with Gasteiger partial charge in [0, 0.05) is 24.0 Å². The Kier molecular flexibility index (Phi) is 5.33. The van der Waals surface area contributed by atoms with Crippen LogP contribution in [0.25, 0.3) is 10.9 Å². The summed E-state index contributed by atoms with van der Waals surface area (Å²) >= 11 is 0. The van der Waals surface area contributed by atoms with Crippen molar-refractivity contribution in [3.8, 4) is 0 Å². The summed E-state index contributed by atoms with van der Waals surface area (Å²) in [7, 11) is 0. The Balaban J connectivity index is 1.35. The van der Waals surface area contributed by atoms with Crippen LogP contribution in [-0.4, -0.2) is 16.9 Å². The van der Waals surface area contributed by atoms with Gasteiger partial charge in [-0.2, -0.15) is 0 Å². The number of allylic oxidation sites excluding steroid dienone is 4. The number of halogens is 1. The van der Waals surface area contributed by atoms with Gasteiger partial charge < -0.3 is 5.32 Å². The Bertz CT molecular complexity index is 881. The highest BCUT2D eigenvalue weighted by Crippen LogP contribution is 2.36. The van der Waals surface area contributed by atoms with Gasteiger partial charge in [-0.05, 0) is 73.8 Å². The van der Waals surface area contributed by atoms with Crippen molar-refractivity contribution in [2.75, 3.05) is 0 Å². The van der Waals surface area contributed by atoms with Crippen LogP contribution >= 0.6 is 0 Å². The fraction of sp³-hybridized carbons (Fsp3) is 0.391. The standard InChI is InChI=1S/C23H25FN2O/c24-18-8-11-22-21(15-18)20(12-13-25-22)17-6-9-19(10-7-17)26-23(27)14-16-4-2-1-3-5-16/h1-4,8,11-13,15-17,19H,5-7,9-10,14H2,(H,26,27). The molecule has 0 aliphatic heterocycles. The van der Waals surface area contributed by atoms with Crippen molar-refractivity contribution in [3.63, 3.8) is 0 Å². The molecule has 4 rings (SSSR count). The number of carbonyl (C=O) groups is 1. The van der Waals surface area contributed by atoms with E-state index in [1.54, 1.807) is 12.1 Å². The molecule has 1 atom stereocenters. The molecule has 1 fully saturated rings. The maximum atomic E-state index is 13.7. The molecule has 140 valence electrons. The summed E-state index contributed by atoms with van der Waals surface area (Å²) in [5, 5.41) is 4.13. The van der Waals surface area contributed by atoms with Crippen molar-refractivity contribution in [2.45, 2.75) is 50.5 Å². The number of carbonyl (C=O) groups excluding carboxylic acids is 1. The lowest BCUT2D eigenvalue weighted by Crippen LogP contribution is -2.38. The van der Waals surface area contributed by atoms with E-state index in [2.05, 4.69) is 22.5 Å². The summed E-state index contributed by atoms with van der Waals surface area (Å²) in [6.07, 6.45) is 15.6. The average molecular weight is 364 g/mol. The van der Waals surface area contributed by atoms with Gasteiger partial charge in [0.25, 0.3) is 0 Å². The smallest absolute Gasteiger partial charge is 0.220 e. The maximum Gasteiger partial charge on any atom is 0.220 e. The Hall–Kier alpha value is -2.49. The molecule has 0 spiro atoms. The van der Waals surface area contributed by atoms with Crippen LogP contribution in [0, 0.1) is 11.7 Å². The van der Waals surface area contributed by atoms with Gasteiger partial charge in [-0.1, -0.05) is 24.3 Å². The van der Waals surface area contributed by atoms with E-state index in [0.29, 0.717) is 18.3 Å². The van der Waals surface area contributed by atoms with E-state index < -0.39 is 0 Å². The van der Waals surface area contributed by atoms with Gasteiger partial charge in [-0.25, -0.2) is 4.39 Å². The number of amides is 1. The molecule has 3 nitrogen and oxygen atoms in total. The van der Waals surface area contributed by atoms with Crippen molar-refractivity contribution < 1.29 is 9.18 Å². The third-order valence-electron chi connectivity index (χ3n) is 5.79. The highest BCUT2D eigenvalue weighted by Gasteiger charge is 2.25. The molecule has 0 bridgehead atoms. The molecule has 1 aromatic carbocycles. The molecule has 2 aromatic rings. The molecule has 0 saturated heterocycles. The number of rotatable bonds is 4. The van der Waals surface area contributed by atoms with Crippen LogP contribution in [0.5, 0.6) is 0 Å². The number of hydrogen-bond acceptors (Lipinski definition) is 2. The molecule has 1 saturated carbocycles. The molecular formula is C23H25FN2O. The summed E-state index contributed by atoms with van der Waals surface area (Å²) in [5.41, 5.74) is 2.03. The second-order valence-corrected chi connectivity index (χ2v) is 7.69. The van der Waals surface area contributed by atoms with Crippen LogP contribution in [0.3, 0.4) is 0 Å². The van der Waals surface area contributed by atoms with E-state index in [9.17, 15) is 9.18 Å². The summed E-state index contributed by atoms with van der Waals surface area (Å²) < 4.78 is 13.7. The number of benzene rings is 1. The monoisotopic (exact) mass is 364 g/mol. The van der Waals surface area contributed by atoms with Gasteiger partial charge in [0.1, 0.15) is 5.82 Å². The highest BCUT2D eigenvalue weighted by molar-refractivity contribution is 5.82. The molecule has 1 aromatic heterocycles. The Labute approximate surface area is 159 Å². The summed E-state index contributed by atoms with van der Waals surface area (Å²) in [4.78, 5) is 16.7. The van der Waals surface area contributed by atoms with Crippen LogP contribution in [0.4, 0.5) is 4.39 Å². The lowest BCUT2D eigenvalue weighted by molar-refractivity contribution is -0.122. The van der Waals surface area contributed by atoms with Gasteiger partial charge in [0.05, 0.1) is 5.52 Å². The van der Waals surface area contributed by atoms with Crippen molar-refractivity contribution in [3.05, 3.63) is 66.1 Å². The van der Waals surface area contributed by atoms with Gasteiger partial charge in [-0.3, -0.25) is 9.78 Å². The first kappa shape index (κ1) is 17.9. The van der Waals surface area contributed by atoms with Gasteiger partial charge >= 0.3 is 0 Å². The van der Waals surface area contributed by atoms with Crippen molar-refractivity contribution in [2.24, 2.45) is 5.92 Å². The Morgan fingerprint density at radius 1 is 1.15 bits per heavy atom. The minimum absolute atomic E-state index is 0.153. The van der Waals surface area contributed by atoms with Crippen LogP contribution in [0.1, 0.15) is 50.0 Å². The van der Waals surface area contributed by atoms with Crippen molar-refractivity contribution in [1.29, 1.82) is 0 Å². The van der Waals surface area contributed by atoms with E-state index in [1.807, 2.05) is 24.4 Å². The summed E-state index contributed by atoms with van der Waals surface area (Å²) in [6.45, 7) is 0. The number of pyridine rings is 1. The Morgan fingerprint density at radius 2 is 2.00 bits per heavy atom. The fourth-order valence-electron chi connectivity index (χ4n) is 4.35. The summed E-state index contributed by atoms with van der Waals surface area (Å²) in [6, 6.07) is 7.07. The molecule has 27 heavy (non-hydrogen) atoms. The number of nitrogens with zero attached hydrogens (tertiary/aromatic N) is 1. The zero-order chi connectivity index (χ0) is 18.6. The van der Waals surface area contributed by atoms with E-state index in [-0.39, 0.29) is 17.8 Å². The number of hydrogen-bond donors (Lipinski definition) is 1. The van der Waals surface area contributed by atoms with Crippen LogP contribution < -0.4 is 5.32 Å². The van der Waals surface area contributed by atoms with Crippen LogP contribution in [0.2, 0.25) is 0 Å². The van der Waals surface area contributed by atoms with Gasteiger partial charge in [0.15, 0.2) is 0 Å². The largest absolute Gasteiger partial charge is 0.353 e. The molecule has 1 unspecified atom stereocenters. The first-order valence-corrected chi connectivity index (χ1v) is 9.86. The molecule has 4 heteroatoms. The van der Waals surface area contributed by atoms with Crippen LogP contribution in [0.15, 0.2) is 54.8 Å². The second-order valence-electron chi connectivity index (χ2n) is 7.69. The van der Waals surface area contributed by atoms with Crippen molar-refractivity contribution in [1.82, 2.24) is 10.3 Å². The minimum Gasteiger partial charge on any atom is -0.353 e. The van der Waals surface area contributed by atoms with E-state index in [1.165, 1.54) is 11.6 Å². The third-order valence-corrected chi connectivity index (χ3v) is 5.79. The first-order chi connectivity index (χ1) is 13.2. The predicted molar refractivity (Wildman–Crippen MR) is 106 cm³/mol. The van der Waals surface area contributed by atoms with E-state index in [0.717, 1.165) is 43.0 Å². The summed E-state index contributed by atoms with van der Waals surface area (Å²) in [5.74, 6) is 0.658. The van der Waals surface area contributed by atoms with Crippen molar-refractivity contribution >= 4 is 16.8 Å². The molecule has 0 radical (unpaired) electrons. The zero-order valence-corrected chi connectivity index (χ0v) is 15.4. The number of aromatic nitrogens is 1. The lowest BCUT2D eigenvalue weighted by Gasteiger charge is -2.30. The molecule has 2 aliphatic rings. The predicted octanol–water partition coefficient (Wildman–Crippen LogP) is 5.04. The third kappa shape index (κ3) is 4.26. The van der Waals surface area contributed by atoms with Gasteiger partial charge in [0.2, 0.25) is 5.91 Å². The fourth-order valence-corrected chi connectivity index (χ4v) is 4.35. The highest BCUT2D eigenvalue weighted by atomic mass is 19.1. The first-order valence-electron chi connectivity index (χ1n) is 9.86. The Morgan fingerprint density at radius 3 is 2.78 bits per heavy atom. The minimum atomic E-state index is -0.218. The molecule has 2 aliphatic carbocycles. The number of fused-ring (bicyclic) bond motifs is 1. The quantitative estimate of drug-likeness (QED) is 0.826. The zero-order valence-electron chi connectivity index (χ0n) is 15.4. The normalized spacial score (nSPS) is 24.9. The lowest BCUT2D eigenvalue weighted by atomic mass is 9.80. The molecule has 1 heterocycles. The average Bonchev–Trinajstić information content (AvgIpc) is 2.69.